The second-order valence-corrected chi connectivity index (χ2v) is 5.19. The van der Waals surface area contributed by atoms with E-state index in [0.717, 1.165) is 35.2 Å². The summed E-state index contributed by atoms with van der Waals surface area (Å²) in [6.07, 6.45) is 2.79. The number of hydrogen-bond acceptors (Lipinski definition) is 4. The summed E-state index contributed by atoms with van der Waals surface area (Å²) in [5.41, 5.74) is 10.2. The maximum Gasteiger partial charge on any atom is 0.0724 e. The first kappa shape index (κ1) is 12.0. The standard InChI is InChI=1S/C15H15N3S/c16-15-12-2-1-7-17-13(12)3-4-14(15)18-8-5-11-6-9-19-10-11/h1-4,6-7,9-10,18H,5,8,16H2. The molecule has 0 radical (unpaired) electrons. The Labute approximate surface area is 116 Å². The molecule has 0 aliphatic rings. The minimum Gasteiger partial charge on any atom is -0.397 e. The highest BCUT2D eigenvalue weighted by molar-refractivity contribution is 7.07. The van der Waals surface area contributed by atoms with Crippen LogP contribution in [0.2, 0.25) is 0 Å². The third kappa shape index (κ3) is 2.53. The van der Waals surface area contributed by atoms with Crippen LogP contribution in [0.15, 0.2) is 47.3 Å². The summed E-state index contributed by atoms with van der Waals surface area (Å²) >= 11 is 1.73. The van der Waals surface area contributed by atoms with Crippen molar-refractivity contribution in [2.75, 3.05) is 17.6 Å². The van der Waals surface area contributed by atoms with Gasteiger partial charge in [-0.25, -0.2) is 0 Å². The van der Waals surface area contributed by atoms with Crippen LogP contribution in [0.1, 0.15) is 5.56 Å². The van der Waals surface area contributed by atoms with Crippen LogP contribution in [0.25, 0.3) is 10.9 Å². The Bertz CT molecular complexity index is 677. The lowest BCUT2D eigenvalue weighted by Crippen LogP contribution is -2.06. The summed E-state index contributed by atoms with van der Waals surface area (Å²) in [6, 6.07) is 10.1. The van der Waals surface area contributed by atoms with Crippen molar-refractivity contribution in [1.29, 1.82) is 0 Å². The minimum atomic E-state index is 0.774. The SMILES string of the molecule is Nc1c(NCCc2ccsc2)ccc2ncccc12. The maximum atomic E-state index is 6.18. The fourth-order valence-corrected chi connectivity index (χ4v) is 2.81. The molecule has 3 aromatic rings. The second kappa shape index (κ2) is 5.28. The smallest absolute Gasteiger partial charge is 0.0724 e. The van der Waals surface area contributed by atoms with Crippen molar-refractivity contribution in [3.8, 4) is 0 Å². The van der Waals surface area contributed by atoms with Crippen molar-refractivity contribution in [2.24, 2.45) is 0 Å². The molecule has 0 amide bonds. The molecule has 0 unspecified atom stereocenters. The van der Waals surface area contributed by atoms with Gasteiger partial charge < -0.3 is 11.1 Å². The van der Waals surface area contributed by atoms with Crippen molar-refractivity contribution in [2.45, 2.75) is 6.42 Å². The van der Waals surface area contributed by atoms with Gasteiger partial charge in [-0.15, -0.1) is 0 Å². The molecule has 0 saturated carbocycles. The molecule has 96 valence electrons. The molecule has 0 aliphatic heterocycles. The topological polar surface area (TPSA) is 50.9 Å². The van der Waals surface area contributed by atoms with Gasteiger partial charge in [-0.2, -0.15) is 11.3 Å². The summed E-state index contributed by atoms with van der Waals surface area (Å²) in [4.78, 5) is 4.30. The van der Waals surface area contributed by atoms with Crippen LogP contribution in [0.5, 0.6) is 0 Å². The number of nitrogens with one attached hydrogen (secondary N) is 1. The third-order valence-corrected chi connectivity index (χ3v) is 3.87. The number of hydrogen-bond donors (Lipinski definition) is 2. The first-order chi connectivity index (χ1) is 9.34. The van der Waals surface area contributed by atoms with E-state index in [0.29, 0.717) is 0 Å². The van der Waals surface area contributed by atoms with Gasteiger partial charge >= 0.3 is 0 Å². The Morgan fingerprint density at radius 2 is 2.16 bits per heavy atom. The maximum absolute atomic E-state index is 6.18. The number of rotatable bonds is 4. The van der Waals surface area contributed by atoms with E-state index in [1.165, 1.54) is 5.56 Å². The average molecular weight is 269 g/mol. The Kier molecular flexibility index (Phi) is 3.33. The first-order valence-electron chi connectivity index (χ1n) is 6.23. The molecule has 2 heterocycles. The van der Waals surface area contributed by atoms with Crippen LogP contribution in [-0.2, 0) is 6.42 Å². The van der Waals surface area contributed by atoms with Crippen LogP contribution < -0.4 is 11.1 Å². The lowest BCUT2D eigenvalue weighted by atomic mass is 10.1. The largest absolute Gasteiger partial charge is 0.397 e. The lowest BCUT2D eigenvalue weighted by molar-refractivity contribution is 1.03. The zero-order valence-corrected chi connectivity index (χ0v) is 11.3. The lowest BCUT2D eigenvalue weighted by Gasteiger charge is -2.10. The van der Waals surface area contributed by atoms with Gasteiger partial charge in [0.2, 0.25) is 0 Å². The normalized spacial score (nSPS) is 10.7. The molecule has 0 spiro atoms. The fourth-order valence-electron chi connectivity index (χ4n) is 2.11. The van der Waals surface area contributed by atoms with E-state index in [9.17, 15) is 0 Å². The van der Waals surface area contributed by atoms with Gasteiger partial charge in [-0.3, -0.25) is 4.98 Å². The van der Waals surface area contributed by atoms with Gasteiger partial charge in [-0.1, -0.05) is 0 Å². The molecule has 0 aliphatic carbocycles. The number of anilines is 2. The van der Waals surface area contributed by atoms with Gasteiger partial charge in [0.1, 0.15) is 0 Å². The molecule has 1 aromatic carbocycles. The summed E-state index contributed by atoms with van der Waals surface area (Å²) in [5, 5.41) is 8.68. The molecule has 2 aromatic heterocycles. The van der Waals surface area contributed by atoms with Gasteiger partial charge in [0.15, 0.2) is 0 Å². The molecular formula is C15H15N3S. The number of thiophene rings is 1. The molecule has 0 atom stereocenters. The number of nitrogens with two attached hydrogens (primary N) is 1. The molecule has 0 fully saturated rings. The minimum absolute atomic E-state index is 0.774. The highest BCUT2D eigenvalue weighted by atomic mass is 32.1. The number of fused-ring (bicyclic) bond motifs is 1. The Morgan fingerprint density at radius 1 is 1.21 bits per heavy atom. The van der Waals surface area contributed by atoms with Crippen LogP contribution in [0.4, 0.5) is 11.4 Å². The number of pyridine rings is 1. The van der Waals surface area contributed by atoms with E-state index in [-0.39, 0.29) is 0 Å². The monoisotopic (exact) mass is 269 g/mol. The molecule has 0 bridgehead atoms. The van der Waals surface area contributed by atoms with Crippen molar-refractivity contribution >= 4 is 33.6 Å². The Balaban J connectivity index is 1.76. The number of nitrogen functional groups attached to an aromatic ring is 1. The predicted octanol–water partition coefficient (Wildman–Crippen LogP) is 3.53. The fraction of sp³-hybridized carbons (Fsp3) is 0.133. The van der Waals surface area contributed by atoms with E-state index in [1.807, 2.05) is 24.3 Å². The van der Waals surface area contributed by atoms with Crippen LogP contribution in [0, 0.1) is 0 Å². The predicted molar refractivity (Wildman–Crippen MR) is 82.7 cm³/mol. The number of nitrogens with zero attached hydrogens (tertiary/aromatic N) is 1. The van der Waals surface area contributed by atoms with Crippen molar-refractivity contribution in [1.82, 2.24) is 4.98 Å². The first-order valence-corrected chi connectivity index (χ1v) is 7.17. The van der Waals surface area contributed by atoms with Crippen LogP contribution in [-0.4, -0.2) is 11.5 Å². The van der Waals surface area contributed by atoms with Crippen molar-refractivity contribution in [3.05, 3.63) is 52.9 Å². The summed E-state index contributed by atoms with van der Waals surface area (Å²) < 4.78 is 0. The summed E-state index contributed by atoms with van der Waals surface area (Å²) in [5.74, 6) is 0. The van der Waals surface area contributed by atoms with Crippen molar-refractivity contribution < 1.29 is 0 Å². The molecule has 3 rings (SSSR count). The van der Waals surface area contributed by atoms with Gasteiger partial charge in [0, 0.05) is 18.1 Å². The van der Waals surface area contributed by atoms with Crippen LogP contribution >= 0.6 is 11.3 Å². The summed E-state index contributed by atoms with van der Waals surface area (Å²) in [6.45, 7) is 0.882. The highest BCUT2D eigenvalue weighted by Crippen LogP contribution is 2.27. The Hall–Kier alpha value is -2.07. The van der Waals surface area contributed by atoms with Gasteiger partial charge in [0.05, 0.1) is 16.9 Å². The molecule has 0 saturated heterocycles. The third-order valence-electron chi connectivity index (χ3n) is 3.14. The number of aromatic nitrogens is 1. The Morgan fingerprint density at radius 3 is 3.00 bits per heavy atom. The van der Waals surface area contributed by atoms with E-state index in [1.54, 1.807) is 17.5 Å². The van der Waals surface area contributed by atoms with E-state index < -0.39 is 0 Å². The quantitative estimate of drug-likeness (QED) is 0.712. The van der Waals surface area contributed by atoms with Crippen molar-refractivity contribution in [3.63, 3.8) is 0 Å². The average Bonchev–Trinajstić information content (AvgIpc) is 2.95. The molecule has 19 heavy (non-hydrogen) atoms. The molecule has 3 nitrogen and oxygen atoms in total. The van der Waals surface area contributed by atoms with Gasteiger partial charge in [-0.05, 0) is 53.1 Å². The van der Waals surface area contributed by atoms with E-state index >= 15 is 0 Å². The molecule has 3 N–H and O–H groups in total. The van der Waals surface area contributed by atoms with E-state index in [4.69, 9.17) is 5.73 Å². The van der Waals surface area contributed by atoms with E-state index in [2.05, 4.69) is 27.1 Å². The van der Waals surface area contributed by atoms with Crippen LogP contribution in [0.3, 0.4) is 0 Å². The second-order valence-electron chi connectivity index (χ2n) is 4.41. The zero-order chi connectivity index (χ0) is 13.1. The summed E-state index contributed by atoms with van der Waals surface area (Å²) in [7, 11) is 0. The molecule has 4 heteroatoms. The number of benzene rings is 1. The van der Waals surface area contributed by atoms with Gasteiger partial charge in [0.25, 0.3) is 0 Å². The zero-order valence-electron chi connectivity index (χ0n) is 10.5. The molecular weight excluding hydrogens is 254 g/mol. The highest BCUT2D eigenvalue weighted by Gasteiger charge is 2.04.